The largest absolute Gasteiger partial charge is 0.489 e. The smallest absolute Gasteiger partial charge is 0.274 e. The van der Waals surface area contributed by atoms with Gasteiger partial charge in [0.15, 0.2) is 0 Å². The summed E-state index contributed by atoms with van der Waals surface area (Å²) in [5.41, 5.74) is 2.29. The monoisotopic (exact) mass is 396 g/mol. The molecule has 1 aromatic heterocycles. The Morgan fingerprint density at radius 1 is 1.07 bits per heavy atom. The molecule has 7 heteroatoms. The number of benzene rings is 2. The Hall–Kier alpha value is -3.12. The standard InChI is InChI=1S/C21H21ClN4O2/c1-13(2)28-19-7-5-4-6-17(19)25-21-23-14(3)12-18(26-21)20(27)24-16-10-8-15(22)9-11-16/h4-13H,1-3H3,(H,24,27)(H,23,25,26). The lowest BCUT2D eigenvalue weighted by atomic mass is 10.2. The molecule has 28 heavy (non-hydrogen) atoms. The summed E-state index contributed by atoms with van der Waals surface area (Å²) in [4.78, 5) is 21.3. The van der Waals surface area contributed by atoms with Crippen LogP contribution in [0.25, 0.3) is 0 Å². The van der Waals surface area contributed by atoms with E-state index < -0.39 is 0 Å². The fourth-order valence-corrected chi connectivity index (χ4v) is 2.64. The first-order valence-corrected chi connectivity index (χ1v) is 9.24. The number of rotatable bonds is 6. The van der Waals surface area contributed by atoms with Crippen LogP contribution in [0, 0.1) is 6.92 Å². The van der Waals surface area contributed by atoms with Crippen molar-refractivity contribution < 1.29 is 9.53 Å². The van der Waals surface area contributed by atoms with Gasteiger partial charge in [-0.2, -0.15) is 0 Å². The molecule has 1 heterocycles. The molecular formula is C21H21ClN4O2. The Balaban J connectivity index is 1.82. The van der Waals surface area contributed by atoms with Gasteiger partial charge in [-0.1, -0.05) is 23.7 Å². The van der Waals surface area contributed by atoms with Crippen molar-refractivity contribution in [3.8, 4) is 5.75 Å². The highest BCUT2D eigenvalue weighted by atomic mass is 35.5. The fraction of sp³-hybridized carbons (Fsp3) is 0.190. The van der Waals surface area contributed by atoms with E-state index in [4.69, 9.17) is 16.3 Å². The first kappa shape index (κ1) is 19.6. The zero-order valence-corrected chi connectivity index (χ0v) is 16.6. The van der Waals surface area contributed by atoms with Gasteiger partial charge in [-0.3, -0.25) is 4.79 Å². The molecule has 0 aliphatic carbocycles. The highest BCUT2D eigenvalue weighted by molar-refractivity contribution is 6.30. The first-order chi connectivity index (χ1) is 13.4. The fourth-order valence-electron chi connectivity index (χ4n) is 2.52. The second-order valence-electron chi connectivity index (χ2n) is 6.47. The molecule has 0 aliphatic heterocycles. The lowest BCUT2D eigenvalue weighted by Gasteiger charge is -2.15. The normalized spacial score (nSPS) is 10.6. The summed E-state index contributed by atoms with van der Waals surface area (Å²) < 4.78 is 5.81. The van der Waals surface area contributed by atoms with E-state index in [1.807, 2.05) is 45.0 Å². The van der Waals surface area contributed by atoms with E-state index in [0.717, 1.165) is 5.69 Å². The quantitative estimate of drug-likeness (QED) is 0.597. The van der Waals surface area contributed by atoms with Gasteiger partial charge < -0.3 is 15.4 Å². The number of anilines is 3. The van der Waals surface area contributed by atoms with Gasteiger partial charge in [-0.25, -0.2) is 9.97 Å². The van der Waals surface area contributed by atoms with Crippen LogP contribution in [0.3, 0.4) is 0 Å². The van der Waals surface area contributed by atoms with E-state index in [1.165, 1.54) is 0 Å². The summed E-state index contributed by atoms with van der Waals surface area (Å²) >= 11 is 5.88. The average Bonchev–Trinajstić information content (AvgIpc) is 2.64. The van der Waals surface area contributed by atoms with Gasteiger partial charge in [0.1, 0.15) is 11.4 Å². The number of nitrogens with zero attached hydrogens (tertiary/aromatic N) is 2. The first-order valence-electron chi connectivity index (χ1n) is 8.86. The summed E-state index contributed by atoms with van der Waals surface area (Å²) in [5.74, 6) is 0.679. The molecule has 1 amide bonds. The van der Waals surface area contributed by atoms with Crippen LogP contribution in [0.4, 0.5) is 17.3 Å². The van der Waals surface area contributed by atoms with Crippen molar-refractivity contribution in [1.29, 1.82) is 0 Å². The third-order valence-corrected chi connectivity index (χ3v) is 3.94. The number of ether oxygens (including phenoxy) is 1. The van der Waals surface area contributed by atoms with Crippen molar-refractivity contribution in [2.75, 3.05) is 10.6 Å². The number of hydrogen-bond acceptors (Lipinski definition) is 5. The van der Waals surface area contributed by atoms with E-state index in [-0.39, 0.29) is 17.7 Å². The molecule has 3 rings (SSSR count). The maximum atomic E-state index is 12.6. The topological polar surface area (TPSA) is 76.1 Å². The van der Waals surface area contributed by atoms with Crippen LogP contribution in [-0.2, 0) is 0 Å². The molecule has 144 valence electrons. The number of aryl methyl sites for hydroxylation is 1. The molecule has 0 aliphatic rings. The molecule has 0 atom stereocenters. The Labute approximate surface area is 168 Å². The van der Waals surface area contributed by atoms with E-state index in [9.17, 15) is 4.79 Å². The summed E-state index contributed by atoms with van der Waals surface area (Å²) in [6.45, 7) is 5.72. The van der Waals surface area contributed by atoms with Crippen LogP contribution in [0.1, 0.15) is 30.0 Å². The van der Waals surface area contributed by atoms with Crippen molar-refractivity contribution in [3.63, 3.8) is 0 Å². The number of halogens is 1. The molecule has 2 N–H and O–H groups in total. The third kappa shape index (κ3) is 5.20. The molecule has 0 radical (unpaired) electrons. The van der Waals surface area contributed by atoms with Crippen LogP contribution in [0.15, 0.2) is 54.6 Å². The summed E-state index contributed by atoms with van der Waals surface area (Å²) in [6, 6.07) is 16.0. The van der Waals surface area contributed by atoms with Gasteiger partial charge in [-0.05, 0) is 63.2 Å². The van der Waals surface area contributed by atoms with Crippen molar-refractivity contribution in [3.05, 3.63) is 71.0 Å². The Bertz CT molecular complexity index is 974. The second-order valence-corrected chi connectivity index (χ2v) is 6.90. The molecule has 0 bridgehead atoms. The van der Waals surface area contributed by atoms with Crippen LogP contribution in [-0.4, -0.2) is 22.0 Å². The molecule has 0 fully saturated rings. The number of carbonyl (C=O) groups excluding carboxylic acids is 1. The highest BCUT2D eigenvalue weighted by Crippen LogP contribution is 2.27. The van der Waals surface area contributed by atoms with Gasteiger partial charge >= 0.3 is 0 Å². The lowest BCUT2D eigenvalue weighted by Crippen LogP contribution is -2.15. The van der Waals surface area contributed by atoms with Crippen molar-refractivity contribution >= 4 is 34.8 Å². The zero-order chi connectivity index (χ0) is 20.1. The minimum absolute atomic E-state index is 0.0297. The van der Waals surface area contributed by atoms with Gasteiger partial charge in [-0.15, -0.1) is 0 Å². The predicted molar refractivity (Wildman–Crippen MR) is 112 cm³/mol. The maximum absolute atomic E-state index is 12.6. The van der Waals surface area contributed by atoms with Gasteiger partial charge in [0.25, 0.3) is 5.91 Å². The molecule has 0 saturated heterocycles. The van der Waals surface area contributed by atoms with E-state index in [0.29, 0.717) is 28.1 Å². The average molecular weight is 397 g/mol. The van der Waals surface area contributed by atoms with E-state index in [1.54, 1.807) is 30.3 Å². The van der Waals surface area contributed by atoms with Gasteiger partial charge in [0.2, 0.25) is 5.95 Å². The summed E-state index contributed by atoms with van der Waals surface area (Å²) in [5, 5.41) is 6.54. The Morgan fingerprint density at radius 3 is 2.50 bits per heavy atom. The number of amides is 1. The Morgan fingerprint density at radius 2 is 1.79 bits per heavy atom. The molecule has 0 saturated carbocycles. The maximum Gasteiger partial charge on any atom is 0.274 e. The van der Waals surface area contributed by atoms with Crippen LogP contribution >= 0.6 is 11.6 Å². The number of carbonyl (C=O) groups is 1. The Kier molecular flexibility index (Phi) is 6.11. The van der Waals surface area contributed by atoms with E-state index >= 15 is 0 Å². The molecule has 0 spiro atoms. The highest BCUT2D eigenvalue weighted by Gasteiger charge is 2.13. The summed E-state index contributed by atoms with van der Waals surface area (Å²) in [7, 11) is 0. The minimum atomic E-state index is -0.331. The van der Waals surface area contributed by atoms with E-state index in [2.05, 4.69) is 20.6 Å². The third-order valence-electron chi connectivity index (χ3n) is 3.69. The number of nitrogens with one attached hydrogen (secondary N) is 2. The van der Waals surface area contributed by atoms with Crippen LogP contribution in [0.5, 0.6) is 5.75 Å². The molecule has 3 aromatic rings. The molecule has 0 unspecified atom stereocenters. The summed E-state index contributed by atoms with van der Waals surface area (Å²) in [6.07, 6.45) is 0.0297. The molecular weight excluding hydrogens is 376 g/mol. The zero-order valence-electron chi connectivity index (χ0n) is 15.9. The van der Waals surface area contributed by atoms with Gasteiger partial charge in [0, 0.05) is 16.4 Å². The van der Waals surface area contributed by atoms with Crippen molar-refractivity contribution in [1.82, 2.24) is 9.97 Å². The lowest BCUT2D eigenvalue weighted by molar-refractivity contribution is 0.102. The van der Waals surface area contributed by atoms with Crippen LogP contribution < -0.4 is 15.4 Å². The van der Waals surface area contributed by atoms with Gasteiger partial charge in [0.05, 0.1) is 11.8 Å². The SMILES string of the molecule is Cc1cc(C(=O)Nc2ccc(Cl)cc2)nc(Nc2ccccc2OC(C)C)n1. The predicted octanol–water partition coefficient (Wildman–Crippen LogP) is 5.22. The second kappa shape index (κ2) is 8.71. The number of aromatic nitrogens is 2. The number of hydrogen-bond donors (Lipinski definition) is 2. The van der Waals surface area contributed by atoms with Crippen molar-refractivity contribution in [2.24, 2.45) is 0 Å². The molecule has 2 aromatic carbocycles. The molecule has 6 nitrogen and oxygen atoms in total. The number of para-hydroxylation sites is 2. The van der Waals surface area contributed by atoms with Crippen molar-refractivity contribution in [2.45, 2.75) is 26.9 Å². The van der Waals surface area contributed by atoms with Crippen LogP contribution in [0.2, 0.25) is 5.02 Å². The minimum Gasteiger partial charge on any atom is -0.489 e.